The smallest absolute Gasteiger partial charge is 0.220 e. The summed E-state index contributed by atoms with van der Waals surface area (Å²) in [4.78, 5) is 11.8. The molecule has 0 aliphatic heterocycles. The highest BCUT2D eigenvalue weighted by Crippen LogP contribution is 2.09. The third kappa shape index (κ3) is 17.0. The lowest BCUT2D eigenvalue weighted by Crippen LogP contribution is -2.45. The Labute approximate surface area is 173 Å². The van der Waals surface area contributed by atoms with Crippen molar-refractivity contribution in [3.05, 3.63) is 24.3 Å². The SMILES string of the molecule is CCCCCCCCC/C=C/CC/C=C/C(O)C(CO)NC(=O)CCCCC. The maximum atomic E-state index is 11.8. The molecular formula is C24H45NO3. The van der Waals surface area contributed by atoms with Crippen LogP contribution in [0.3, 0.4) is 0 Å². The lowest BCUT2D eigenvalue weighted by atomic mass is 10.1. The zero-order valence-electron chi connectivity index (χ0n) is 18.4. The van der Waals surface area contributed by atoms with Gasteiger partial charge in [0.15, 0.2) is 0 Å². The van der Waals surface area contributed by atoms with Crippen molar-refractivity contribution < 1.29 is 15.0 Å². The minimum absolute atomic E-state index is 0.103. The van der Waals surface area contributed by atoms with E-state index in [0.717, 1.165) is 38.5 Å². The maximum absolute atomic E-state index is 11.8. The van der Waals surface area contributed by atoms with Gasteiger partial charge in [0.05, 0.1) is 18.8 Å². The first-order valence-electron chi connectivity index (χ1n) is 11.6. The summed E-state index contributed by atoms with van der Waals surface area (Å²) >= 11 is 0. The number of carbonyl (C=O) groups is 1. The molecule has 0 bridgehead atoms. The Kier molecular flexibility index (Phi) is 19.8. The summed E-state index contributed by atoms with van der Waals surface area (Å²) in [6, 6.07) is -0.627. The van der Waals surface area contributed by atoms with Gasteiger partial charge in [0.25, 0.3) is 0 Å². The third-order valence-corrected chi connectivity index (χ3v) is 4.94. The predicted molar refractivity (Wildman–Crippen MR) is 119 cm³/mol. The van der Waals surface area contributed by atoms with Crippen LogP contribution in [0.4, 0.5) is 0 Å². The van der Waals surface area contributed by atoms with Gasteiger partial charge in [-0.05, 0) is 32.1 Å². The summed E-state index contributed by atoms with van der Waals surface area (Å²) in [5.41, 5.74) is 0. The van der Waals surface area contributed by atoms with Crippen molar-refractivity contribution in [2.45, 2.75) is 116 Å². The van der Waals surface area contributed by atoms with Gasteiger partial charge in [-0.1, -0.05) is 89.5 Å². The van der Waals surface area contributed by atoms with Gasteiger partial charge in [-0.2, -0.15) is 0 Å². The lowest BCUT2D eigenvalue weighted by molar-refractivity contribution is -0.123. The van der Waals surface area contributed by atoms with Gasteiger partial charge in [0.2, 0.25) is 5.91 Å². The van der Waals surface area contributed by atoms with E-state index >= 15 is 0 Å². The number of rotatable bonds is 19. The molecule has 0 radical (unpaired) electrons. The highest BCUT2D eigenvalue weighted by Gasteiger charge is 2.17. The van der Waals surface area contributed by atoms with Crippen LogP contribution in [0.5, 0.6) is 0 Å². The number of allylic oxidation sites excluding steroid dienone is 3. The van der Waals surface area contributed by atoms with E-state index in [9.17, 15) is 15.0 Å². The molecule has 0 fully saturated rings. The van der Waals surface area contributed by atoms with Crippen LogP contribution in [0.25, 0.3) is 0 Å². The van der Waals surface area contributed by atoms with Crippen LogP contribution in [0.2, 0.25) is 0 Å². The van der Waals surface area contributed by atoms with Crippen molar-refractivity contribution in [1.82, 2.24) is 5.32 Å². The number of hydrogen-bond donors (Lipinski definition) is 3. The Morgan fingerprint density at radius 2 is 1.39 bits per heavy atom. The van der Waals surface area contributed by atoms with Gasteiger partial charge >= 0.3 is 0 Å². The van der Waals surface area contributed by atoms with Gasteiger partial charge in [-0.25, -0.2) is 0 Å². The van der Waals surface area contributed by atoms with E-state index in [1.807, 2.05) is 6.08 Å². The highest BCUT2D eigenvalue weighted by molar-refractivity contribution is 5.76. The molecule has 4 heteroatoms. The second kappa shape index (κ2) is 20.6. The second-order valence-corrected chi connectivity index (χ2v) is 7.69. The molecule has 2 atom stereocenters. The number of hydrogen-bond acceptors (Lipinski definition) is 3. The average Bonchev–Trinajstić information content (AvgIpc) is 2.69. The van der Waals surface area contributed by atoms with E-state index in [1.54, 1.807) is 6.08 Å². The third-order valence-electron chi connectivity index (χ3n) is 4.94. The number of amides is 1. The van der Waals surface area contributed by atoms with Gasteiger partial charge in [-0.15, -0.1) is 0 Å². The van der Waals surface area contributed by atoms with Crippen LogP contribution in [0, 0.1) is 0 Å². The number of nitrogens with one attached hydrogen (secondary N) is 1. The first-order valence-corrected chi connectivity index (χ1v) is 11.6. The Balaban J connectivity index is 3.78. The van der Waals surface area contributed by atoms with E-state index in [4.69, 9.17) is 0 Å². The molecule has 0 aromatic rings. The predicted octanol–water partition coefficient (Wildman–Crippen LogP) is 5.44. The Hall–Kier alpha value is -1.13. The van der Waals surface area contributed by atoms with Gasteiger partial charge in [-0.3, -0.25) is 4.79 Å². The molecule has 0 aromatic heterocycles. The van der Waals surface area contributed by atoms with Gasteiger partial charge in [0, 0.05) is 6.42 Å². The molecular weight excluding hydrogens is 350 g/mol. The summed E-state index contributed by atoms with van der Waals surface area (Å²) in [6.07, 6.45) is 22.9. The molecule has 0 heterocycles. The van der Waals surface area contributed by atoms with Crippen molar-refractivity contribution in [2.75, 3.05) is 6.61 Å². The normalized spacial score (nSPS) is 14.0. The summed E-state index contributed by atoms with van der Waals surface area (Å²) < 4.78 is 0. The molecule has 0 spiro atoms. The highest BCUT2D eigenvalue weighted by atomic mass is 16.3. The van der Waals surface area contributed by atoms with E-state index in [0.29, 0.717) is 6.42 Å². The van der Waals surface area contributed by atoms with Gasteiger partial charge < -0.3 is 15.5 Å². The fraction of sp³-hybridized carbons (Fsp3) is 0.792. The standard InChI is InChI=1S/C24H45NO3/c1-3-5-7-8-9-10-11-12-13-14-15-16-18-19-23(27)22(21-26)25-24(28)20-17-6-4-2/h13-14,18-19,22-23,26-27H,3-12,15-17,20-21H2,1-2H3,(H,25,28)/b14-13+,19-18+. The number of aliphatic hydroxyl groups is 2. The molecule has 2 unspecified atom stereocenters. The molecule has 0 saturated heterocycles. The van der Waals surface area contributed by atoms with Crippen LogP contribution < -0.4 is 5.32 Å². The Bertz CT molecular complexity index is 407. The molecule has 0 aliphatic carbocycles. The average molecular weight is 396 g/mol. The molecule has 0 aliphatic rings. The van der Waals surface area contributed by atoms with Crippen LogP contribution in [0.15, 0.2) is 24.3 Å². The van der Waals surface area contributed by atoms with Crippen LogP contribution in [0.1, 0.15) is 104 Å². The zero-order chi connectivity index (χ0) is 20.9. The van der Waals surface area contributed by atoms with Crippen LogP contribution in [-0.2, 0) is 4.79 Å². The zero-order valence-corrected chi connectivity index (χ0v) is 18.4. The molecule has 4 nitrogen and oxygen atoms in total. The van der Waals surface area contributed by atoms with Crippen molar-refractivity contribution in [3.63, 3.8) is 0 Å². The monoisotopic (exact) mass is 395 g/mol. The quantitative estimate of drug-likeness (QED) is 0.201. The van der Waals surface area contributed by atoms with Crippen LogP contribution >= 0.6 is 0 Å². The second-order valence-electron chi connectivity index (χ2n) is 7.69. The summed E-state index contributed by atoms with van der Waals surface area (Å²) in [6.45, 7) is 4.08. The Morgan fingerprint density at radius 3 is 2.07 bits per heavy atom. The first-order chi connectivity index (χ1) is 13.7. The van der Waals surface area contributed by atoms with Crippen molar-refractivity contribution in [2.24, 2.45) is 0 Å². The van der Waals surface area contributed by atoms with E-state index in [2.05, 4.69) is 31.3 Å². The molecule has 164 valence electrons. The van der Waals surface area contributed by atoms with Crippen molar-refractivity contribution in [1.29, 1.82) is 0 Å². The first kappa shape index (κ1) is 26.9. The van der Waals surface area contributed by atoms with Crippen molar-refractivity contribution in [3.8, 4) is 0 Å². The number of aliphatic hydroxyl groups excluding tert-OH is 2. The molecule has 0 saturated carbocycles. The van der Waals surface area contributed by atoms with Crippen LogP contribution in [-0.4, -0.2) is 34.9 Å². The number of unbranched alkanes of at least 4 members (excludes halogenated alkanes) is 10. The minimum Gasteiger partial charge on any atom is -0.394 e. The summed E-state index contributed by atoms with van der Waals surface area (Å²) in [7, 11) is 0. The fourth-order valence-corrected chi connectivity index (χ4v) is 3.07. The maximum Gasteiger partial charge on any atom is 0.220 e. The topological polar surface area (TPSA) is 69.6 Å². The molecule has 28 heavy (non-hydrogen) atoms. The van der Waals surface area contributed by atoms with Crippen molar-refractivity contribution >= 4 is 5.91 Å². The molecule has 0 aromatic carbocycles. The minimum atomic E-state index is -0.850. The van der Waals surface area contributed by atoms with E-state index in [-0.39, 0.29) is 12.5 Å². The lowest BCUT2D eigenvalue weighted by Gasteiger charge is -2.19. The molecule has 1 amide bonds. The van der Waals surface area contributed by atoms with E-state index in [1.165, 1.54) is 44.9 Å². The summed E-state index contributed by atoms with van der Waals surface area (Å²) in [5.74, 6) is -0.103. The largest absolute Gasteiger partial charge is 0.394 e. The number of carbonyl (C=O) groups excluding carboxylic acids is 1. The molecule has 0 rings (SSSR count). The van der Waals surface area contributed by atoms with Gasteiger partial charge in [0.1, 0.15) is 0 Å². The summed E-state index contributed by atoms with van der Waals surface area (Å²) in [5, 5.41) is 22.2. The Morgan fingerprint density at radius 1 is 0.821 bits per heavy atom. The fourth-order valence-electron chi connectivity index (χ4n) is 3.07. The van der Waals surface area contributed by atoms with E-state index < -0.39 is 12.1 Å². The molecule has 3 N–H and O–H groups in total.